The van der Waals surface area contributed by atoms with Gasteiger partial charge in [0.15, 0.2) is 5.82 Å². The van der Waals surface area contributed by atoms with E-state index in [1.165, 1.54) is 18.2 Å². The number of carbonyl (C=O) groups excluding carboxylic acids is 1. The number of halogens is 3. The van der Waals surface area contributed by atoms with E-state index in [1.54, 1.807) is 18.2 Å². The first-order valence-corrected chi connectivity index (χ1v) is 9.67. The quantitative estimate of drug-likeness (QED) is 0.399. The summed E-state index contributed by atoms with van der Waals surface area (Å²) in [7, 11) is 0. The normalized spacial score (nSPS) is 12.0. The fourth-order valence-electron chi connectivity index (χ4n) is 3.29. The number of nitrogens with zero attached hydrogens (tertiary/aromatic N) is 2. The number of aromatic nitrogens is 2. The largest absolute Gasteiger partial charge is 0.337 e. The van der Waals surface area contributed by atoms with Crippen LogP contribution in [0.15, 0.2) is 66.7 Å². The first-order chi connectivity index (χ1) is 15.0. The number of nitriles is 1. The van der Waals surface area contributed by atoms with Crippen molar-refractivity contribution in [3.63, 3.8) is 0 Å². The lowest BCUT2D eigenvalue weighted by Crippen LogP contribution is -2.12. The molecule has 1 heterocycles. The van der Waals surface area contributed by atoms with Crippen LogP contribution in [0.2, 0.25) is 5.02 Å². The maximum atomic E-state index is 12.8. The lowest BCUT2D eigenvalue weighted by atomic mass is 9.92. The molecule has 3 aromatic carbocycles. The first-order valence-electron chi connectivity index (χ1n) is 9.29. The minimum atomic E-state index is -2.72. The molecule has 1 amide bonds. The van der Waals surface area contributed by atoms with E-state index in [1.807, 2.05) is 30.3 Å². The minimum Gasteiger partial charge on any atom is -0.337 e. The highest BCUT2D eigenvalue weighted by Crippen LogP contribution is 2.32. The van der Waals surface area contributed by atoms with Crippen molar-refractivity contribution in [2.24, 2.45) is 0 Å². The number of fused-ring (bicyclic) bond motifs is 1. The molecule has 0 bridgehead atoms. The van der Waals surface area contributed by atoms with Gasteiger partial charge in [0.05, 0.1) is 23.0 Å². The number of carbonyl (C=O) groups is 1. The number of hydrogen-bond donors (Lipinski definition) is 2. The second kappa shape index (κ2) is 8.54. The third-order valence-electron chi connectivity index (χ3n) is 4.80. The van der Waals surface area contributed by atoms with Crippen LogP contribution in [-0.2, 0) is 0 Å². The predicted octanol–water partition coefficient (Wildman–Crippen LogP) is 6.06. The lowest BCUT2D eigenvalue weighted by Gasteiger charge is -2.13. The van der Waals surface area contributed by atoms with Gasteiger partial charge in [-0.05, 0) is 41.5 Å². The number of amides is 1. The molecule has 0 aliphatic carbocycles. The molecule has 4 rings (SSSR count). The van der Waals surface area contributed by atoms with E-state index in [4.69, 9.17) is 11.6 Å². The highest BCUT2D eigenvalue weighted by atomic mass is 35.5. The SMILES string of the molecule is N#CC(c1ccccc1)c1ccc(NC(=O)c2ccc3nc(C(F)F)[nH]c3c2)cc1Cl. The van der Waals surface area contributed by atoms with Crippen molar-refractivity contribution in [1.82, 2.24) is 9.97 Å². The summed E-state index contributed by atoms with van der Waals surface area (Å²) in [5, 5.41) is 12.7. The molecule has 2 N–H and O–H groups in total. The predicted molar refractivity (Wildman–Crippen MR) is 114 cm³/mol. The van der Waals surface area contributed by atoms with Crippen LogP contribution in [-0.4, -0.2) is 15.9 Å². The summed E-state index contributed by atoms with van der Waals surface area (Å²) in [5.74, 6) is -1.41. The van der Waals surface area contributed by atoms with Crippen molar-refractivity contribution in [3.8, 4) is 6.07 Å². The molecule has 154 valence electrons. The summed E-state index contributed by atoms with van der Waals surface area (Å²) in [6.07, 6.45) is -2.72. The Kier molecular flexibility index (Phi) is 5.65. The van der Waals surface area contributed by atoms with Gasteiger partial charge in [-0.1, -0.05) is 48.0 Å². The monoisotopic (exact) mass is 436 g/mol. The average molecular weight is 437 g/mol. The van der Waals surface area contributed by atoms with Gasteiger partial charge in [-0.25, -0.2) is 13.8 Å². The average Bonchev–Trinajstić information content (AvgIpc) is 3.20. The number of anilines is 1. The van der Waals surface area contributed by atoms with E-state index in [2.05, 4.69) is 21.4 Å². The van der Waals surface area contributed by atoms with Gasteiger partial charge in [0, 0.05) is 16.3 Å². The number of imidazole rings is 1. The van der Waals surface area contributed by atoms with Gasteiger partial charge in [-0.2, -0.15) is 5.26 Å². The Balaban J connectivity index is 1.56. The zero-order chi connectivity index (χ0) is 22.0. The Morgan fingerprint density at radius 2 is 1.87 bits per heavy atom. The van der Waals surface area contributed by atoms with Crippen LogP contribution in [0.25, 0.3) is 11.0 Å². The maximum Gasteiger partial charge on any atom is 0.295 e. The molecule has 1 aromatic heterocycles. The number of H-pyrrole nitrogens is 1. The van der Waals surface area contributed by atoms with Gasteiger partial charge >= 0.3 is 0 Å². The molecule has 0 spiro atoms. The molecule has 31 heavy (non-hydrogen) atoms. The van der Waals surface area contributed by atoms with Crippen molar-refractivity contribution in [3.05, 3.63) is 94.3 Å². The van der Waals surface area contributed by atoms with Crippen LogP contribution in [0.3, 0.4) is 0 Å². The van der Waals surface area contributed by atoms with Gasteiger partial charge < -0.3 is 10.3 Å². The van der Waals surface area contributed by atoms with Crippen LogP contribution in [0.5, 0.6) is 0 Å². The highest BCUT2D eigenvalue weighted by Gasteiger charge is 2.18. The van der Waals surface area contributed by atoms with Gasteiger partial charge in [0.1, 0.15) is 0 Å². The molecule has 1 unspecified atom stereocenters. The van der Waals surface area contributed by atoms with Crippen molar-refractivity contribution >= 4 is 34.2 Å². The number of benzene rings is 3. The number of rotatable bonds is 5. The molecule has 8 heteroatoms. The Bertz CT molecular complexity index is 1300. The van der Waals surface area contributed by atoms with Gasteiger partial charge in [-0.3, -0.25) is 4.79 Å². The minimum absolute atomic E-state index is 0.274. The van der Waals surface area contributed by atoms with E-state index in [9.17, 15) is 18.8 Å². The second-order valence-corrected chi connectivity index (χ2v) is 7.23. The standard InChI is InChI=1S/C23H15ClF2N4O/c24-18-11-15(7-8-16(18)17(12-27)13-4-2-1-3-5-13)28-23(31)14-6-9-19-20(10-14)30-22(29-19)21(25)26/h1-11,17,21H,(H,28,31)(H,29,30). The second-order valence-electron chi connectivity index (χ2n) is 6.82. The molecule has 1 atom stereocenters. The lowest BCUT2D eigenvalue weighted by molar-refractivity contribution is 0.102. The number of alkyl halides is 2. The highest BCUT2D eigenvalue weighted by molar-refractivity contribution is 6.32. The first kappa shape index (κ1) is 20.5. The summed E-state index contributed by atoms with van der Waals surface area (Å²) in [6.45, 7) is 0. The third kappa shape index (κ3) is 4.25. The summed E-state index contributed by atoms with van der Waals surface area (Å²) in [5.41, 5.74) is 2.86. The van der Waals surface area contributed by atoms with E-state index in [0.29, 0.717) is 27.3 Å². The topological polar surface area (TPSA) is 81.6 Å². The van der Waals surface area contributed by atoms with Crippen LogP contribution in [0.1, 0.15) is 39.7 Å². The van der Waals surface area contributed by atoms with Crippen LogP contribution < -0.4 is 5.32 Å². The van der Waals surface area contributed by atoms with E-state index >= 15 is 0 Å². The Hall–Kier alpha value is -3.76. The van der Waals surface area contributed by atoms with Gasteiger partial charge in [-0.15, -0.1) is 0 Å². The van der Waals surface area contributed by atoms with E-state index < -0.39 is 24.1 Å². The van der Waals surface area contributed by atoms with Crippen molar-refractivity contribution in [2.45, 2.75) is 12.3 Å². The van der Waals surface area contributed by atoms with Crippen LogP contribution in [0, 0.1) is 11.3 Å². The Morgan fingerprint density at radius 3 is 2.55 bits per heavy atom. The zero-order valence-electron chi connectivity index (χ0n) is 15.9. The summed E-state index contributed by atoms with van der Waals surface area (Å²) >= 11 is 6.41. The maximum absolute atomic E-state index is 12.8. The third-order valence-corrected chi connectivity index (χ3v) is 5.13. The number of aromatic amines is 1. The van der Waals surface area contributed by atoms with Crippen LogP contribution in [0.4, 0.5) is 14.5 Å². The van der Waals surface area contributed by atoms with Gasteiger partial charge in [0.2, 0.25) is 0 Å². The molecule has 0 saturated heterocycles. The molecule has 0 aliphatic rings. The molecule has 0 saturated carbocycles. The molecular formula is C23H15ClF2N4O. The van der Waals surface area contributed by atoms with Crippen molar-refractivity contribution < 1.29 is 13.6 Å². The molecule has 0 fully saturated rings. The van der Waals surface area contributed by atoms with Crippen LogP contribution >= 0.6 is 11.6 Å². The summed E-state index contributed by atoms with van der Waals surface area (Å²) in [6, 6.07) is 20.9. The molecule has 4 aromatic rings. The van der Waals surface area contributed by atoms with E-state index in [-0.39, 0.29) is 5.56 Å². The molecule has 5 nitrogen and oxygen atoms in total. The fourth-order valence-corrected chi connectivity index (χ4v) is 3.57. The smallest absolute Gasteiger partial charge is 0.295 e. The number of nitrogens with one attached hydrogen (secondary N) is 2. The van der Waals surface area contributed by atoms with E-state index in [0.717, 1.165) is 5.56 Å². The molecular weight excluding hydrogens is 422 g/mol. The Morgan fingerprint density at radius 1 is 1.10 bits per heavy atom. The fraction of sp³-hybridized carbons (Fsp3) is 0.0870. The van der Waals surface area contributed by atoms with Gasteiger partial charge in [0.25, 0.3) is 12.3 Å². The number of hydrogen-bond acceptors (Lipinski definition) is 3. The summed E-state index contributed by atoms with van der Waals surface area (Å²) < 4.78 is 25.6. The molecule has 0 aliphatic heterocycles. The Labute approximate surface area is 181 Å². The zero-order valence-corrected chi connectivity index (χ0v) is 16.7. The summed E-state index contributed by atoms with van der Waals surface area (Å²) in [4.78, 5) is 18.9. The van der Waals surface area contributed by atoms with Crippen molar-refractivity contribution in [1.29, 1.82) is 5.26 Å². The molecule has 0 radical (unpaired) electrons. The van der Waals surface area contributed by atoms with Crippen molar-refractivity contribution in [2.75, 3.05) is 5.32 Å².